The van der Waals surface area contributed by atoms with Crippen LogP contribution in [0.3, 0.4) is 0 Å². The van der Waals surface area contributed by atoms with Crippen LogP contribution >= 0.6 is 0 Å². The Labute approximate surface area is 221 Å². The lowest BCUT2D eigenvalue weighted by Crippen LogP contribution is -2.40. The summed E-state index contributed by atoms with van der Waals surface area (Å²) in [6.07, 6.45) is -0.0315. The fourth-order valence-corrected chi connectivity index (χ4v) is 5.46. The number of carboxylic acid groups (broad SMARTS) is 1. The molecule has 2 aromatic heterocycles. The first-order valence-electron chi connectivity index (χ1n) is 12.7. The number of nitrogens with zero attached hydrogens (tertiary/aromatic N) is 5. The van der Waals surface area contributed by atoms with Crippen LogP contribution < -0.4 is 4.74 Å². The van der Waals surface area contributed by atoms with E-state index in [4.69, 9.17) is 4.74 Å². The minimum absolute atomic E-state index is 0.0304. The van der Waals surface area contributed by atoms with Crippen LogP contribution in [-0.4, -0.2) is 53.2 Å². The summed E-state index contributed by atoms with van der Waals surface area (Å²) in [5, 5.41) is 28.2. The van der Waals surface area contributed by atoms with Crippen LogP contribution in [0.25, 0.3) is 11.0 Å². The second kappa shape index (κ2) is 9.72. The number of hydrogen-bond acceptors (Lipinski definition) is 7. The molecule has 1 aliphatic rings. The molecule has 9 nitrogen and oxygen atoms in total. The first-order valence-corrected chi connectivity index (χ1v) is 12.7. The Morgan fingerprint density at radius 2 is 1.95 bits per heavy atom. The summed E-state index contributed by atoms with van der Waals surface area (Å²) in [5.74, 6) is -0.541. The van der Waals surface area contributed by atoms with Gasteiger partial charge in [0, 0.05) is 38.7 Å². The summed E-state index contributed by atoms with van der Waals surface area (Å²) < 4.78 is 7.94. The van der Waals surface area contributed by atoms with Crippen LogP contribution in [-0.2, 0) is 24.9 Å². The molecule has 3 heterocycles. The molecule has 0 bridgehead atoms. The number of benzene rings is 2. The van der Waals surface area contributed by atoms with Gasteiger partial charge in [-0.2, -0.15) is 0 Å². The zero-order valence-electron chi connectivity index (χ0n) is 22.4. The maximum absolute atomic E-state index is 12.0. The summed E-state index contributed by atoms with van der Waals surface area (Å²) in [6, 6.07) is 13.5. The van der Waals surface area contributed by atoms with E-state index in [0.717, 1.165) is 38.9 Å². The molecule has 198 valence electrons. The summed E-state index contributed by atoms with van der Waals surface area (Å²) in [4.78, 5) is 18.6. The van der Waals surface area contributed by atoms with Gasteiger partial charge < -0.3 is 14.9 Å². The zero-order valence-corrected chi connectivity index (χ0v) is 22.4. The van der Waals surface area contributed by atoms with Crippen molar-refractivity contribution in [3.8, 4) is 11.6 Å². The lowest BCUT2D eigenvalue weighted by Gasteiger charge is -2.30. The van der Waals surface area contributed by atoms with Crippen molar-refractivity contribution in [3.05, 3.63) is 76.0 Å². The zero-order chi connectivity index (χ0) is 27.2. The molecule has 0 saturated heterocycles. The van der Waals surface area contributed by atoms with E-state index in [9.17, 15) is 15.0 Å². The molecule has 0 spiro atoms. The normalized spacial score (nSPS) is 16.0. The topological polar surface area (TPSA) is 114 Å². The number of aliphatic carboxylic acids is 1. The van der Waals surface area contributed by atoms with Gasteiger partial charge >= 0.3 is 5.97 Å². The van der Waals surface area contributed by atoms with Crippen molar-refractivity contribution in [2.45, 2.75) is 58.7 Å². The minimum atomic E-state index is -0.857. The monoisotopic (exact) mass is 515 g/mol. The summed E-state index contributed by atoms with van der Waals surface area (Å²) in [7, 11) is 1.85. The van der Waals surface area contributed by atoms with Gasteiger partial charge in [0.2, 0.25) is 5.88 Å². The number of ether oxygens (including phenoxy) is 1. The van der Waals surface area contributed by atoms with Gasteiger partial charge in [-0.3, -0.25) is 9.69 Å². The molecule has 0 amide bonds. The molecule has 5 rings (SSSR count). The molecule has 1 atom stereocenters. The highest BCUT2D eigenvalue weighted by Crippen LogP contribution is 2.35. The van der Waals surface area contributed by atoms with E-state index in [1.807, 2.05) is 46.0 Å². The highest BCUT2D eigenvalue weighted by molar-refractivity contribution is 5.80. The van der Waals surface area contributed by atoms with E-state index in [0.29, 0.717) is 31.1 Å². The van der Waals surface area contributed by atoms with Crippen molar-refractivity contribution in [2.75, 3.05) is 6.54 Å². The Hall–Kier alpha value is -3.98. The Morgan fingerprint density at radius 1 is 1.16 bits per heavy atom. The average Bonchev–Trinajstić information content (AvgIpc) is 3.16. The SMILES string of the molecule is Cc1ccc([C@@H](CC(=O)O)c2ccc3c(nnn3C)c2C)cc1CN1Cc2nc(O)ccc2OC(C)(C)C1. The molecule has 2 N–H and O–H groups in total. The Bertz CT molecular complexity index is 1530. The van der Waals surface area contributed by atoms with E-state index < -0.39 is 11.6 Å². The summed E-state index contributed by atoms with van der Waals surface area (Å²) in [5.41, 5.74) is 6.99. The smallest absolute Gasteiger partial charge is 0.304 e. The van der Waals surface area contributed by atoms with E-state index in [1.165, 1.54) is 0 Å². The lowest BCUT2D eigenvalue weighted by molar-refractivity contribution is -0.137. The van der Waals surface area contributed by atoms with Gasteiger partial charge in [0.05, 0.1) is 11.9 Å². The van der Waals surface area contributed by atoms with Crippen LogP contribution in [0, 0.1) is 13.8 Å². The third kappa shape index (κ3) is 5.06. The number of carboxylic acids is 1. The van der Waals surface area contributed by atoms with Gasteiger partial charge in [-0.15, -0.1) is 5.10 Å². The van der Waals surface area contributed by atoms with E-state index in [1.54, 1.807) is 16.8 Å². The van der Waals surface area contributed by atoms with Crippen LogP contribution in [0.4, 0.5) is 0 Å². The second-order valence-electron chi connectivity index (χ2n) is 10.8. The molecular weight excluding hydrogens is 482 g/mol. The van der Waals surface area contributed by atoms with E-state index in [-0.39, 0.29) is 18.2 Å². The predicted octanol–water partition coefficient (Wildman–Crippen LogP) is 4.47. The van der Waals surface area contributed by atoms with Crippen LogP contribution in [0.15, 0.2) is 42.5 Å². The predicted molar refractivity (Wildman–Crippen MR) is 143 cm³/mol. The number of pyridine rings is 1. The van der Waals surface area contributed by atoms with Crippen LogP contribution in [0.2, 0.25) is 0 Å². The maximum Gasteiger partial charge on any atom is 0.304 e. The van der Waals surface area contributed by atoms with Gasteiger partial charge in [0.25, 0.3) is 0 Å². The van der Waals surface area contributed by atoms with Gasteiger partial charge in [-0.05, 0) is 67.6 Å². The van der Waals surface area contributed by atoms with Crippen molar-refractivity contribution in [3.63, 3.8) is 0 Å². The maximum atomic E-state index is 12.0. The molecule has 0 unspecified atom stereocenters. The lowest BCUT2D eigenvalue weighted by atomic mass is 9.84. The van der Waals surface area contributed by atoms with Gasteiger partial charge in [-0.1, -0.05) is 29.5 Å². The highest BCUT2D eigenvalue weighted by atomic mass is 16.5. The molecule has 0 saturated carbocycles. The van der Waals surface area contributed by atoms with Gasteiger partial charge in [0.1, 0.15) is 22.6 Å². The largest absolute Gasteiger partial charge is 0.493 e. The molecule has 0 radical (unpaired) electrons. The van der Waals surface area contributed by atoms with Gasteiger partial charge in [-0.25, -0.2) is 9.67 Å². The number of fused-ring (bicyclic) bond motifs is 2. The van der Waals surface area contributed by atoms with E-state index in [2.05, 4.69) is 39.3 Å². The first kappa shape index (κ1) is 25.7. The number of hydrogen-bond donors (Lipinski definition) is 2. The Balaban J connectivity index is 1.51. The Kier molecular flexibility index (Phi) is 6.56. The summed E-state index contributed by atoms with van der Waals surface area (Å²) in [6.45, 7) is 9.95. The second-order valence-corrected chi connectivity index (χ2v) is 10.8. The van der Waals surface area contributed by atoms with Crippen molar-refractivity contribution in [1.29, 1.82) is 0 Å². The van der Waals surface area contributed by atoms with Crippen molar-refractivity contribution in [2.24, 2.45) is 7.05 Å². The third-order valence-corrected chi connectivity index (χ3v) is 7.28. The third-order valence-electron chi connectivity index (χ3n) is 7.28. The Morgan fingerprint density at radius 3 is 2.71 bits per heavy atom. The first-order chi connectivity index (χ1) is 18.0. The molecule has 0 fully saturated rings. The van der Waals surface area contributed by atoms with Crippen molar-refractivity contribution < 1.29 is 19.7 Å². The van der Waals surface area contributed by atoms with Crippen molar-refractivity contribution >= 4 is 17.0 Å². The van der Waals surface area contributed by atoms with Crippen LogP contribution in [0.1, 0.15) is 59.7 Å². The molecule has 9 heteroatoms. The molecule has 4 aromatic rings. The fourth-order valence-electron chi connectivity index (χ4n) is 5.46. The number of aromatic hydroxyl groups is 1. The fraction of sp³-hybridized carbons (Fsp3) is 0.379. The van der Waals surface area contributed by atoms with Gasteiger partial charge in [0.15, 0.2) is 0 Å². The quantitative estimate of drug-likeness (QED) is 0.387. The molecule has 2 aromatic carbocycles. The molecular formula is C29H33N5O4. The summed E-state index contributed by atoms with van der Waals surface area (Å²) >= 11 is 0. The molecule has 38 heavy (non-hydrogen) atoms. The average molecular weight is 516 g/mol. The number of aromatic nitrogens is 4. The highest BCUT2D eigenvalue weighted by Gasteiger charge is 2.30. The van der Waals surface area contributed by atoms with Crippen LogP contribution in [0.5, 0.6) is 11.6 Å². The number of carbonyl (C=O) groups is 1. The minimum Gasteiger partial charge on any atom is -0.493 e. The van der Waals surface area contributed by atoms with E-state index >= 15 is 0 Å². The van der Waals surface area contributed by atoms with Crippen molar-refractivity contribution in [1.82, 2.24) is 24.9 Å². The standard InChI is InChI=1S/C29H33N5O4/c1-17-6-7-19(22(13-27(36)37)21-8-9-24-28(18(21)2)31-32-33(24)5)12-20(17)14-34-15-23-25(10-11-26(35)30-23)38-29(3,4)16-34/h6-12,22H,13-16H2,1-5H3,(H,30,35)(H,36,37)/t22-/m1/s1. The molecule has 0 aliphatic carbocycles. The molecule has 1 aliphatic heterocycles. The number of aryl methyl sites for hydroxylation is 3. The number of rotatable bonds is 6.